The topological polar surface area (TPSA) is 94.8 Å². The van der Waals surface area contributed by atoms with Gasteiger partial charge in [-0.2, -0.15) is 0 Å². The number of aliphatic hydroxyl groups excluding tert-OH is 1. The fourth-order valence-electron chi connectivity index (χ4n) is 10.3. The number of rotatable bonds is 1. The number of carbonyl (C=O) groups excluding carboxylic acids is 1. The van der Waals surface area contributed by atoms with Crippen molar-refractivity contribution < 1.29 is 24.9 Å². The molecule has 0 spiro atoms. The summed E-state index contributed by atoms with van der Waals surface area (Å²) in [6.45, 7) is 14.8. The number of Topliss-reactive ketones (excluding diaryl/α,β-unsaturated/α-hetero) is 1. The molecule has 5 aliphatic rings. The molecule has 3 N–H and O–H groups in total. The van der Waals surface area contributed by atoms with Crippen LogP contribution in [0.1, 0.15) is 113 Å². The average Bonchev–Trinajstić information content (AvgIpc) is 2.76. The summed E-state index contributed by atoms with van der Waals surface area (Å²) in [5, 5.41) is 34.9. The minimum atomic E-state index is -1.28. The van der Waals surface area contributed by atoms with Gasteiger partial charge in [0.2, 0.25) is 0 Å². The van der Waals surface area contributed by atoms with Gasteiger partial charge >= 0.3 is 5.97 Å². The lowest BCUT2D eigenvalue weighted by Gasteiger charge is -2.73. The molecule has 8 atom stereocenters. The minimum absolute atomic E-state index is 0.123. The quantitative estimate of drug-likeness (QED) is 0.415. The van der Waals surface area contributed by atoms with Crippen LogP contribution >= 0.6 is 0 Å². The number of hydrogen-bond acceptors (Lipinski definition) is 4. The van der Waals surface area contributed by atoms with E-state index in [4.69, 9.17) is 0 Å². The van der Waals surface area contributed by atoms with Crippen LogP contribution in [0, 0.1) is 38.4 Å². The summed E-state index contributed by atoms with van der Waals surface area (Å²) >= 11 is 0. The maximum Gasteiger partial charge on any atom is 0.309 e. The smallest absolute Gasteiger partial charge is 0.309 e. The van der Waals surface area contributed by atoms with Crippen molar-refractivity contribution >= 4 is 11.8 Å². The van der Waals surface area contributed by atoms with E-state index in [9.17, 15) is 24.9 Å². The summed E-state index contributed by atoms with van der Waals surface area (Å²) < 4.78 is 0. The van der Waals surface area contributed by atoms with Crippen molar-refractivity contribution in [3.8, 4) is 0 Å². The van der Waals surface area contributed by atoms with Gasteiger partial charge in [0.25, 0.3) is 0 Å². The number of aliphatic carboxylic acids is 1. The second-order valence-electron chi connectivity index (χ2n) is 14.8. The Kier molecular flexibility index (Phi) is 5.10. The van der Waals surface area contributed by atoms with E-state index in [-0.39, 0.29) is 23.2 Å². The molecule has 0 aromatic heterocycles. The molecule has 5 aliphatic carbocycles. The molecule has 0 bridgehead atoms. The largest absolute Gasteiger partial charge is 0.481 e. The molecular formula is C30H46O5. The monoisotopic (exact) mass is 486 g/mol. The summed E-state index contributed by atoms with van der Waals surface area (Å²) in [5.41, 5.74) is -1.71. The summed E-state index contributed by atoms with van der Waals surface area (Å²) in [5.74, 6) is -0.234. The molecular weight excluding hydrogens is 440 g/mol. The first-order chi connectivity index (χ1) is 15.9. The van der Waals surface area contributed by atoms with Crippen molar-refractivity contribution in [2.45, 2.75) is 124 Å². The van der Waals surface area contributed by atoms with E-state index in [1.807, 2.05) is 0 Å². The Hall–Kier alpha value is -1.20. The molecule has 5 heteroatoms. The van der Waals surface area contributed by atoms with Gasteiger partial charge in [0, 0.05) is 17.3 Å². The SMILES string of the molecule is CC1(C)C(=O)CC[C@]2(C)C3=C(CC[C@@H]12)[C@@]1(C)CC[C@@]2(C)CC[C@@](C)(C(=O)O)C[C@@]2(O)[C@]1(C)[C@H](O)C3. The van der Waals surface area contributed by atoms with E-state index in [1.165, 1.54) is 11.1 Å². The van der Waals surface area contributed by atoms with Crippen LogP contribution in [-0.4, -0.2) is 38.8 Å². The molecule has 0 aromatic rings. The molecule has 196 valence electrons. The zero-order valence-electron chi connectivity index (χ0n) is 22.9. The predicted molar refractivity (Wildman–Crippen MR) is 135 cm³/mol. The third-order valence-corrected chi connectivity index (χ3v) is 13.3. The second-order valence-corrected chi connectivity index (χ2v) is 14.8. The van der Waals surface area contributed by atoms with Crippen molar-refractivity contribution in [3.63, 3.8) is 0 Å². The molecule has 0 amide bonds. The number of allylic oxidation sites excluding steroid dienone is 1. The van der Waals surface area contributed by atoms with E-state index in [1.54, 1.807) is 6.92 Å². The van der Waals surface area contributed by atoms with E-state index in [0.717, 1.165) is 32.1 Å². The third kappa shape index (κ3) is 2.73. The zero-order valence-corrected chi connectivity index (χ0v) is 22.9. The van der Waals surface area contributed by atoms with E-state index in [0.29, 0.717) is 31.5 Å². The van der Waals surface area contributed by atoms with Crippen LogP contribution in [0.4, 0.5) is 0 Å². The molecule has 0 saturated heterocycles. The Labute approximate surface area is 210 Å². The van der Waals surface area contributed by atoms with Crippen molar-refractivity contribution in [3.05, 3.63) is 11.1 Å². The predicted octanol–water partition coefficient (Wildman–Crippen LogP) is 5.67. The molecule has 0 unspecified atom stereocenters. The van der Waals surface area contributed by atoms with E-state index in [2.05, 4.69) is 41.5 Å². The summed E-state index contributed by atoms with van der Waals surface area (Å²) in [6.07, 6.45) is 6.14. The highest BCUT2D eigenvalue weighted by Crippen LogP contribution is 2.76. The summed E-state index contributed by atoms with van der Waals surface area (Å²) in [6, 6.07) is 0. The first-order valence-electron chi connectivity index (χ1n) is 13.8. The normalized spacial score (nSPS) is 53.2. The fourth-order valence-corrected chi connectivity index (χ4v) is 10.3. The van der Waals surface area contributed by atoms with Gasteiger partial charge in [0.1, 0.15) is 5.78 Å². The van der Waals surface area contributed by atoms with Gasteiger partial charge < -0.3 is 15.3 Å². The molecule has 0 radical (unpaired) electrons. The standard InChI is InChI=1S/C30H46O5/c1-24(2)20-9-8-18-19(27(20,5)11-10-21(24)31)16-22(32)29(7)28(18,6)15-14-26(4)13-12-25(3,23(33)34)17-30(26,29)35/h20,22,32,35H,8-17H2,1-7H3,(H,33,34)/t20-,22+,25+,26+,27+,28+,29+,30-/m0/s1. The van der Waals surface area contributed by atoms with Crippen LogP contribution in [0.25, 0.3) is 0 Å². The highest BCUT2D eigenvalue weighted by atomic mass is 16.4. The van der Waals surface area contributed by atoms with Crippen molar-refractivity contribution in [2.24, 2.45) is 38.4 Å². The van der Waals surface area contributed by atoms with Crippen LogP contribution in [0.2, 0.25) is 0 Å². The van der Waals surface area contributed by atoms with E-state index < -0.39 is 39.3 Å². The van der Waals surface area contributed by atoms with Crippen molar-refractivity contribution in [2.75, 3.05) is 0 Å². The van der Waals surface area contributed by atoms with Crippen LogP contribution < -0.4 is 0 Å². The average molecular weight is 487 g/mol. The molecule has 0 aliphatic heterocycles. The van der Waals surface area contributed by atoms with Crippen molar-refractivity contribution in [1.82, 2.24) is 0 Å². The minimum Gasteiger partial charge on any atom is -0.481 e. The number of aliphatic hydroxyl groups is 2. The second kappa shape index (κ2) is 7.01. The maximum absolute atomic E-state index is 12.9. The Balaban J connectivity index is 1.68. The van der Waals surface area contributed by atoms with Crippen LogP contribution in [0.5, 0.6) is 0 Å². The highest BCUT2D eigenvalue weighted by molar-refractivity contribution is 5.85. The van der Waals surface area contributed by atoms with Gasteiger partial charge in [0.05, 0.1) is 17.1 Å². The van der Waals surface area contributed by atoms with Crippen LogP contribution in [0.15, 0.2) is 11.1 Å². The number of carboxylic acid groups (broad SMARTS) is 1. The fraction of sp³-hybridized carbons (Fsp3) is 0.867. The summed E-state index contributed by atoms with van der Waals surface area (Å²) in [4.78, 5) is 25.2. The molecule has 5 rings (SSSR count). The number of hydrogen-bond donors (Lipinski definition) is 3. The van der Waals surface area contributed by atoms with Gasteiger partial charge in [-0.25, -0.2) is 0 Å². The van der Waals surface area contributed by atoms with Crippen LogP contribution in [-0.2, 0) is 9.59 Å². The van der Waals surface area contributed by atoms with Gasteiger partial charge in [-0.1, -0.05) is 52.7 Å². The Morgan fingerprint density at radius 1 is 0.886 bits per heavy atom. The number of carboxylic acids is 1. The number of carbonyl (C=O) groups is 2. The molecule has 0 heterocycles. The van der Waals surface area contributed by atoms with E-state index >= 15 is 0 Å². The zero-order chi connectivity index (χ0) is 26.0. The first kappa shape index (κ1) is 25.4. The lowest BCUT2D eigenvalue weighted by atomic mass is 9.33. The summed E-state index contributed by atoms with van der Waals surface area (Å²) in [7, 11) is 0. The Morgan fingerprint density at radius 3 is 2.14 bits per heavy atom. The third-order valence-electron chi connectivity index (χ3n) is 13.3. The maximum atomic E-state index is 12.9. The van der Waals surface area contributed by atoms with Gasteiger partial charge in [-0.05, 0) is 86.9 Å². The molecule has 3 saturated carbocycles. The van der Waals surface area contributed by atoms with Crippen LogP contribution in [0.3, 0.4) is 0 Å². The first-order valence-corrected chi connectivity index (χ1v) is 13.8. The van der Waals surface area contributed by atoms with Gasteiger partial charge in [-0.3, -0.25) is 9.59 Å². The molecule has 5 nitrogen and oxygen atoms in total. The lowest BCUT2D eigenvalue weighted by molar-refractivity contribution is -0.297. The van der Waals surface area contributed by atoms with Crippen molar-refractivity contribution in [1.29, 1.82) is 0 Å². The Bertz CT molecular complexity index is 1030. The molecule has 35 heavy (non-hydrogen) atoms. The Morgan fingerprint density at radius 2 is 1.51 bits per heavy atom. The highest BCUT2D eigenvalue weighted by Gasteiger charge is 2.75. The van der Waals surface area contributed by atoms with Gasteiger partial charge in [-0.15, -0.1) is 0 Å². The van der Waals surface area contributed by atoms with Gasteiger partial charge in [0.15, 0.2) is 0 Å². The molecule has 0 aromatic carbocycles. The lowest BCUT2D eigenvalue weighted by Crippen LogP contribution is -2.75. The number of ketones is 1. The number of fused-ring (bicyclic) bond motifs is 6. The molecule has 3 fully saturated rings.